The molecule has 5 nitrogen and oxygen atoms in total. The van der Waals surface area contributed by atoms with E-state index in [1.54, 1.807) is 18.2 Å². The van der Waals surface area contributed by atoms with Gasteiger partial charge in [0.25, 0.3) is 5.91 Å². The quantitative estimate of drug-likeness (QED) is 0.845. The summed E-state index contributed by atoms with van der Waals surface area (Å²) < 4.78 is 5.44. The van der Waals surface area contributed by atoms with Crippen molar-refractivity contribution in [1.82, 2.24) is 10.3 Å². The second kappa shape index (κ2) is 5.57. The molecule has 1 amide bonds. The van der Waals surface area contributed by atoms with Crippen molar-refractivity contribution in [2.24, 2.45) is 0 Å². The van der Waals surface area contributed by atoms with Crippen molar-refractivity contribution in [3.8, 4) is 5.88 Å². The van der Waals surface area contributed by atoms with Crippen LogP contribution >= 0.6 is 0 Å². The molecule has 0 saturated heterocycles. The molecule has 1 fully saturated rings. The normalized spacial score (nSPS) is 16.8. The monoisotopic (exact) mass is 264 g/mol. The summed E-state index contributed by atoms with van der Waals surface area (Å²) in [5.74, 6) is 0.152. The van der Waals surface area contributed by atoms with Gasteiger partial charge in [0.05, 0.1) is 11.7 Å². The molecule has 1 aliphatic rings. The Morgan fingerprint density at radius 2 is 2.26 bits per heavy atom. The first-order chi connectivity index (χ1) is 8.98. The van der Waals surface area contributed by atoms with E-state index in [4.69, 9.17) is 4.74 Å². The highest BCUT2D eigenvalue weighted by Crippen LogP contribution is 2.30. The minimum absolute atomic E-state index is 0.0153. The van der Waals surface area contributed by atoms with Crippen LogP contribution in [0, 0.1) is 0 Å². The molecule has 1 aromatic rings. The molecule has 1 aliphatic carbocycles. The Morgan fingerprint density at radius 3 is 2.84 bits per heavy atom. The molecular formula is C14H20N2O3. The molecule has 19 heavy (non-hydrogen) atoms. The average molecular weight is 264 g/mol. The predicted octanol–water partition coefficient (Wildman–Crippen LogP) is 1.51. The Bertz CT molecular complexity index is 456. The summed E-state index contributed by atoms with van der Waals surface area (Å²) in [5, 5.41) is 12.6. The van der Waals surface area contributed by atoms with Gasteiger partial charge in [-0.25, -0.2) is 4.98 Å². The van der Waals surface area contributed by atoms with Crippen LogP contribution in [0.1, 0.15) is 43.6 Å². The van der Waals surface area contributed by atoms with Gasteiger partial charge in [-0.1, -0.05) is 6.07 Å². The summed E-state index contributed by atoms with van der Waals surface area (Å²) in [6.07, 6.45) is 2.53. The fraction of sp³-hybridized carbons (Fsp3) is 0.571. The van der Waals surface area contributed by atoms with Gasteiger partial charge in [0.1, 0.15) is 5.69 Å². The lowest BCUT2D eigenvalue weighted by molar-refractivity contribution is -0.0300. The topological polar surface area (TPSA) is 71.5 Å². The molecule has 0 bridgehead atoms. The Balaban J connectivity index is 1.94. The molecule has 1 aromatic heterocycles. The number of hydrogen-bond donors (Lipinski definition) is 2. The van der Waals surface area contributed by atoms with Crippen LogP contribution in [-0.2, 0) is 0 Å². The van der Waals surface area contributed by atoms with E-state index in [1.807, 2.05) is 13.8 Å². The van der Waals surface area contributed by atoms with Crippen LogP contribution in [0.4, 0.5) is 0 Å². The van der Waals surface area contributed by atoms with Crippen LogP contribution in [-0.4, -0.2) is 34.2 Å². The van der Waals surface area contributed by atoms with Gasteiger partial charge in [0.2, 0.25) is 5.88 Å². The van der Waals surface area contributed by atoms with E-state index in [9.17, 15) is 9.90 Å². The molecule has 0 aromatic carbocycles. The van der Waals surface area contributed by atoms with Crippen LogP contribution in [0.3, 0.4) is 0 Å². The number of hydrogen-bond acceptors (Lipinski definition) is 4. The van der Waals surface area contributed by atoms with Crippen molar-refractivity contribution in [2.75, 3.05) is 6.54 Å². The molecule has 2 N–H and O–H groups in total. The molecule has 0 aliphatic heterocycles. The third kappa shape index (κ3) is 3.67. The molecule has 2 rings (SSSR count). The van der Waals surface area contributed by atoms with Crippen LogP contribution in [0.15, 0.2) is 18.2 Å². The highest BCUT2D eigenvalue weighted by molar-refractivity contribution is 5.92. The van der Waals surface area contributed by atoms with Gasteiger partial charge in [-0.3, -0.25) is 4.79 Å². The standard InChI is InChI=1S/C14H20N2O3/c1-10(2)19-12-6-3-5-11(16-12)13(17)15-9-14(18)7-4-8-14/h3,5-6,10,18H,4,7-9H2,1-2H3,(H,15,17). The zero-order chi connectivity index (χ0) is 13.9. The maximum absolute atomic E-state index is 11.9. The first kappa shape index (κ1) is 13.8. The zero-order valence-electron chi connectivity index (χ0n) is 11.3. The Morgan fingerprint density at radius 1 is 1.53 bits per heavy atom. The first-order valence-electron chi connectivity index (χ1n) is 6.63. The van der Waals surface area contributed by atoms with Crippen molar-refractivity contribution in [2.45, 2.75) is 44.8 Å². The Labute approximate surface area is 113 Å². The second-order valence-corrected chi connectivity index (χ2v) is 5.29. The van der Waals surface area contributed by atoms with Crippen molar-refractivity contribution in [1.29, 1.82) is 0 Å². The van der Waals surface area contributed by atoms with Crippen LogP contribution < -0.4 is 10.1 Å². The van der Waals surface area contributed by atoms with Gasteiger partial charge in [0.15, 0.2) is 0 Å². The highest BCUT2D eigenvalue weighted by Gasteiger charge is 2.34. The number of aromatic nitrogens is 1. The lowest BCUT2D eigenvalue weighted by atomic mass is 9.80. The summed E-state index contributed by atoms with van der Waals surface area (Å²) in [4.78, 5) is 16.1. The molecule has 0 spiro atoms. The fourth-order valence-corrected chi connectivity index (χ4v) is 1.95. The Hall–Kier alpha value is -1.62. The van der Waals surface area contributed by atoms with Gasteiger partial charge >= 0.3 is 0 Å². The smallest absolute Gasteiger partial charge is 0.270 e. The van der Waals surface area contributed by atoms with Crippen molar-refractivity contribution in [3.05, 3.63) is 23.9 Å². The largest absolute Gasteiger partial charge is 0.475 e. The molecular weight excluding hydrogens is 244 g/mol. The third-order valence-corrected chi connectivity index (χ3v) is 3.17. The SMILES string of the molecule is CC(C)Oc1cccc(C(=O)NCC2(O)CCC2)n1. The van der Waals surface area contributed by atoms with E-state index < -0.39 is 5.60 Å². The summed E-state index contributed by atoms with van der Waals surface area (Å²) in [7, 11) is 0. The zero-order valence-corrected chi connectivity index (χ0v) is 11.3. The summed E-state index contributed by atoms with van der Waals surface area (Å²) >= 11 is 0. The van der Waals surface area contributed by atoms with E-state index >= 15 is 0 Å². The molecule has 0 unspecified atom stereocenters. The number of amides is 1. The van der Waals surface area contributed by atoms with Gasteiger partial charge in [-0.05, 0) is 39.2 Å². The number of carbonyl (C=O) groups excluding carboxylic acids is 1. The minimum atomic E-state index is -0.721. The van der Waals surface area contributed by atoms with Gasteiger partial charge in [-0.15, -0.1) is 0 Å². The van der Waals surface area contributed by atoms with E-state index in [0.29, 0.717) is 11.6 Å². The van der Waals surface area contributed by atoms with Crippen LogP contribution in [0.5, 0.6) is 5.88 Å². The summed E-state index contributed by atoms with van der Waals surface area (Å²) in [5.41, 5.74) is -0.414. The fourth-order valence-electron chi connectivity index (χ4n) is 1.95. The number of aliphatic hydroxyl groups is 1. The van der Waals surface area contributed by atoms with Gasteiger partial charge in [-0.2, -0.15) is 0 Å². The summed E-state index contributed by atoms with van der Waals surface area (Å²) in [6, 6.07) is 5.08. The van der Waals surface area contributed by atoms with Crippen LogP contribution in [0.25, 0.3) is 0 Å². The summed E-state index contributed by atoms with van der Waals surface area (Å²) in [6.45, 7) is 4.09. The second-order valence-electron chi connectivity index (χ2n) is 5.29. The minimum Gasteiger partial charge on any atom is -0.475 e. The van der Waals surface area contributed by atoms with E-state index in [2.05, 4.69) is 10.3 Å². The highest BCUT2D eigenvalue weighted by atomic mass is 16.5. The molecule has 5 heteroatoms. The number of rotatable bonds is 5. The molecule has 0 atom stereocenters. The lowest BCUT2D eigenvalue weighted by Crippen LogP contribution is -2.47. The van der Waals surface area contributed by atoms with E-state index in [1.165, 1.54) is 0 Å². The van der Waals surface area contributed by atoms with E-state index in [-0.39, 0.29) is 18.6 Å². The van der Waals surface area contributed by atoms with Crippen molar-refractivity contribution in [3.63, 3.8) is 0 Å². The van der Waals surface area contributed by atoms with Crippen molar-refractivity contribution < 1.29 is 14.6 Å². The molecule has 1 saturated carbocycles. The predicted molar refractivity (Wildman–Crippen MR) is 71.1 cm³/mol. The first-order valence-corrected chi connectivity index (χ1v) is 6.63. The molecule has 1 heterocycles. The average Bonchev–Trinajstić information content (AvgIpc) is 2.33. The third-order valence-electron chi connectivity index (χ3n) is 3.17. The van der Waals surface area contributed by atoms with Gasteiger partial charge < -0.3 is 15.2 Å². The number of nitrogens with one attached hydrogen (secondary N) is 1. The molecule has 104 valence electrons. The maximum atomic E-state index is 11.9. The number of pyridine rings is 1. The van der Waals surface area contributed by atoms with Gasteiger partial charge in [0, 0.05) is 12.6 Å². The lowest BCUT2D eigenvalue weighted by Gasteiger charge is -2.36. The number of ether oxygens (including phenoxy) is 1. The maximum Gasteiger partial charge on any atom is 0.270 e. The number of carbonyl (C=O) groups is 1. The Kier molecular flexibility index (Phi) is 4.04. The molecule has 0 radical (unpaired) electrons. The number of nitrogens with zero attached hydrogens (tertiary/aromatic N) is 1. The van der Waals surface area contributed by atoms with E-state index in [0.717, 1.165) is 19.3 Å². The van der Waals surface area contributed by atoms with Crippen molar-refractivity contribution >= 4 is 5.91 Å². The van der Waals surface area contributed by atoms with Crippen LogP contribution in [0.2, 0.25) is 0 Å².